The second-order valence-corrected chi connectivity index (χ2v) is 3.24. The van der Waals surface area contributed by atoms with Crippen LogP contribution in [0.5, 0.6) is 0 Å². The number of alkyl halides is 3. The fraction of sp³-hybridized carbons (Fsp3) is 0.143. The molecule has 9 heteroatoms. The average Bonchev–Trinajstić information content (AvgIpc) is 2.00. The van der Waals surface area contributed by atoms with Crippen molar-refractivity contribution in [2.75, 3.05) is 0 Å². The van der Waals surface area contributed by atoms with Gasteiger partial charge in [-0.15, -0.1) is 0 Å². The van der Waals surface area contributed by atoms with Crippen molar-refractivity contribution in [3.63, 3.8) is 0 Å². The van der Waals surface area contributed by atoms with Gasteiger partial charge in [-0.1, -0.05) is 29.2 Å². The van der Waals surface area contributed by atoms with Crippen molar-refractivity contribution in [3.8, 4) is 0 Å². The van der Waals surface area contributed by atoms with Crippen LogP contribution < -0.4 is 56.8 Å². The van der Waals surface area contributed by atoms with Crippen LogP contribution in [0.15, 0.2) is 18.2 Å². The van der Waals surface area contributed by atoms with Crippen molar-refractivity contribution in [1.29, 1.82) is 0 Å². The summed E-state index contributed by atoms with van der Waals surface area (Å²) in [6.45, 7) is -5.73. The molecule has 1 aromatic rings. The van der Waals surface area contributed by atoms with Gasteiger partial charge in [0.2, 0.25) is 0 Å². The first kappa shape index (κ1) is 16.8. The Morgan fingerprint density at radius 3 is 1.94 bits per heavy atom. The molecule has 0 radical (unpaired) electrons. The van der Waals surface area contributed by atoms with Crippen molar-refractivity contribution in [2.45, 2.75) is 6.18 Å². The maximum absolute atomic E-state index is 12.3. The van der Waals surface area contributed by atoms with E-state index in [0.717, 1.165) is 6.07 Å². The fourth-order valence-electron chi connectivity index (χ4n) is 1.06. The first-order chi connectivity index (χ1) is 6.62. The second kappa shape index (κ2) is 5.62. The monoisotopic (exact) mass is 286 g/mol. The summed E-state index contributed by atoms with van der Waals surface area (Å²) in [4.78, 5) is 0. The molecule has 0 atom stereocenters. The van der Waals surface area contributed by atoms with Gasteiger partial charge in [0.25, 0.3) is 0 Å². The molecule has 0 bridgehead atoms. The van der Waals surface area contributed by atoms with Crippen molar-refractivity contribution in [2.24, 2.45) is 0 Å². The maximum Gasteiger partial charge on any atom is 1.00 e. The van der Waals surface area contributed by atoms with Gasteiger partial charge in [-0.05, 0) is 6.07 Å². The van der Waals surface area contributed by atoms with E-state index in [0.29, 0.717) is 6.07 Å². The van der Waals surface area contributed by atoms with Crippen LogP contribution in [-0.4, -0.2) is 6.98 Å². The minimum atomic E-state index is -5.73. The summed E-state index contributed by atoms with van der Waals surface area (Å²) in [5, 5.41) is -0.378. The van der Waals surface area contributed by atoms with Gasteiger partial charge in [-0.25, -0.2) is 0 Å². The molecular weight excluding hydrogens is 283 g/mol. The summed E-state index contributed by atoms with van der Waals surface area (Å²) in [7, 11) is 0. The molecule has 0 nitrogen and oxygen atoms in total. The summed E-state index contributed by atoms with van der Waals surface area (Å²) in [5.74, 6) is 0. The minimum absolute atomic E-state index is 0. The molecule has 0 aliphatic heterocycles. The van der Waals surface area contributed by atoms with E-state index in [9.17, 15) is 26.1 Å². The minimum Gasteiger partial charge on any atom is -0.445 e. The molecule has 0 aliphatic rings. The van der Waals surface area contributed by atoms with Crippen molar-refractivity contribution in [1.82, 2.24) is 0 Å². The number of rotatable bonds is 1. The number of hydrogen-bond donors (Lipinski definition) is 0. The zero-order valence-electron chi connectivity index (χ0n) is 7.96. The Morgan fingerprint density at radius 2 is 1.56 bits per heavy atom. The Bertz CT molecular complexity index is 374. The SMILES string of the molecule is F[B-](F)(F)c1cc(Cl)ccc1C(F)(F)F.[K+]. The smallest absolute Gasteiger partial charge is 0.445 e. The van der Waals surface area contributed by atoms with E-state index >= 15 is 0 Å². The predicted molar refractivity (Wildman–Crippen MR) is 45.2 cm³/mol. The molecule has 0 aromatic heterocycles. The Kier molecular flexibility index (Phi) is 5.90. The van der Waals surface area contributed by atoms with Crippen molar-refractivity contribution >= 4 is 24.0 Å². The first-order valence-electron chi connectivity index (χ1n) is 3.69. The Balaban J connectivity index is 0.00000225. The van der Waals surface area contributed by atoms with Crippen LogP contribution >= 0.6 is 11.6 Å². The van der Waals surface area contributed by atoms with Crippen LogP contribution in [0.1, 0.15) is 5.56 Å². The van der Waals surface area contributed by atoms with Crippen molar-refractivity contribution in [3.05, 3.63) is 28.8 Å². The molecular formula is C7H3BClF6K. The zero-order valence-corrected chi connectivity index (χ0v) is 11.8. The molecule has 1 aromatic carbocycles. The third-order valence-corrected chi connectivity index (χ3v) is 1.91. The summed E-state index contributed by atoms with van der Waals surface area (Å²) in [6.07, 6.45) is -5.03. The van der Waals surface area contributed by atoms with Gasteiger partial charge in [0.1, 0.15) is 0 Å². The second-order valence-electron chi connectivity index (χ2n) is 2.80. The topological polar surface area (TPSA) is 0 Å². The Labute approximate surface area is 135 Å². The van der Waals surface area contributed by atoms with E-state index in [2.05, 4.69) is 0 Å². The number of halogens is 7. The summed E-state index contributed by atoms with van der Waals surface area (Å²) < 4.78 is 73.3. The average molecular weight is 286 g/mol. The van der Waals surface area contributed by atoms with Crippen LogP contribution in [0.25, 0.3) is 0 Å². The third kappa shape index (κ3) is 4.23. The zero-order chi connectivity index (χ0) is 11.9. The molecule has 84 valence electrons. The number of hydrogen-bond acceptors (Lipinski definition) is 0. The van der Waals surface area contributed by atoms with Gasteiger partial charge in [0.15, 0.2) is 0 Å². The molecule has 0 fully saturated rings. The van der Waals surface area contributed by atoms with Crippen LogP contribution in [0, 0.1) is 0 Å². The first-order valence-corrected chi connectivity index (χ1v) is 4.07. The molecule has 0 unspecified atom stereocenters. The van der Waals surface area contributed by atoms with E-state index in [1.807, 2.05) is 0 Å². The van der Waals surface area contributed by atoms with Crippen LogP contribution in [0.3, 0.4) is 0 Å². The molecule has 0 amide bonds. The van der Waals surface area contributed by atoms with E-state index in [4.69, 9.17) is 11.6 Å². The normalized spacial score (nSPS) is 12.2. The van der Waals surface area contributed by atoms with Gasteiger partial charge >= 0.3 is 64.5 Å². The van der Waals surface area contributed by atoms with E-state index in [-0.39, 0.29) is 62.5 Å². The number of benzene rings is 1. The molecule has 0 saturated heterocycles. The van der Waals surface area contributed by atoms with Gasteiger partial charge < -0.3 is 12.9 Å². The summed E-state index contributed by atoms with van der Waals surface area (Å²) in [6, 6.07) is 1.38. The van der Waals surface area contributed by atoms with Gasteiger partial charge in [-0.3, -0.25) is 0 Å². The maximum atomic E-state index is 12.3. The molecule has 0 N–H and O–H groups in total. The van der Waals surface area contributed by atoms with Gasteiger partial charge in [0, 0.05) is 10.6 Å². The molecule has 16 heavy (non-hydrogen) atoms. The van der Waals surface area contributed by atoms with Crippen LogP contribution in [0.4, 0.5) is 26.1 Å². The molecule has 0 heterocycles. The van der Waals surface area contributed by atoms with Gasteiger partial charge in [-0.2, -0.15) is 13.2 Å². The largest absolute Gasteiger partial charge is 1.00 e. The summed E-state index contributed by atoms with van der Waals surface area (Å²) in [5.41, 5.74) is -3.42. The fourth-order valence-corrected chi connectivity index (χ4v) is 1.24. The van der Waals surface area contributed by atoms with E-state index in [1.165, 1.54) is 0 Å². The summed E-state index contributed by atoms with van der Waals surface area (Å²) >= 11 is 5.22. The molecule has 0 spiro atoms. The molecule has 1 rings (SSSR count). The standard InChI is InChI=1S/C7H3BClF6.K/c9-4-1-2-5(7(10,11)12)6(3-4)8(13,14)15;/h1-3H;/q-1;+1. The van der Waals surface area contributed by atoms with E-state index in [1.54, 1.807) is 0 Å². The Morgan fingerprint density at radius 1 is 1.06 bits per heavy atom. The molecule has 0 aliphatic carbocycles. The van der Waals surface area contributed by atoms with E-state index < -0.39 is 24.2 Å². The quantitative estimate of drug-likeness (QED) is 0.518. The third-order valence-electron chi connectivity index (χ3n) is 1.67. The van der Waals surface area contributed by atoms with Crippen LogP contribution in [0.2, 0.25) is 5.02 Å². The molecule has 0 saturated carbocycles. The Hall–Kier alpha value is 0.791. The predicted octanol–water partition coefficient (Wildman–Crippen LogP) is 0.417. The van der Waals surface area contributed by atoms with Gasteiger partial charge in [0.05, 0.1) is 0 Å². The van der Waals surface area contributed by atoms with Crippen molar-refractivity contribution < 1.29 is 77.5 Å². The van der Waals surface area contributed by atoms with Crippen LogP contribution in [-0.2, 0) is 6.18 Å².